The molecular weight excluding hydrogens is 378 g/mol. The fourth-order valence-corrected chi connectivity index (χ4v) is 4.12. The molecule has 2 atom stereocenters. The monoisotopic (exact) mass is 403 g/mol. The quantitative estimate of drug-likeness (QED) is 0.525. The van der Waals surface area contributed by atoms with Gasteiger partial charge in [-0.1, -0.05) is 72.3 Å². The minimum Gasteiger partial charge on any atom is -0.478 e. The number of rotatable bonds is 5. The van der Waals surface area contributed by atoms with Crippen molar-refractivity contribution >= 4 is 22.8 Å². The number of aliphatic carboxylic acids is 1. The highest BCUT2D eigenvalue weighted by Crippen LogP contribution is 2.36. The molecule has 1 heterocycles. The Kier molecular flexibility index (Phi) is 5.42. The number of carboxylic acid groups (broad SMARTS) is 1. The van der Waals surface area contributed by atoms with Crippen molar-refractivity contribution in [3.05, 3.63) is 83.4 Å². The number of carbonyl (C=O) groups is 2. The van der Waals surface area contributed by atoms with E-state index in [4.69, 9.17) is 0 Å². The van der Waals surface area contributed by atoms with E-state index in [1.165, 1.54) is 0 Å². The Balaban J connectivity index is 1.54. The second-order valence-corrected chi connectivity index (χ2v) is 7.78. The van der Waals surface area contributed by atoms with Crippen LogP contribution in [0.1, 0.15) is 29.0 Å². The standard InChI is InChI=1S/C24H25N3O3/c1-16-6-8-17(9-7-16)15-25-23(30)27-24(22(28)29)21(12-13-26-24)20-11-10-18-4-2-3-5-19(18)14-20/h2-11,14,21,26H,12-13,15H2,1H3,(H,28,29)(H2,25,27,30)/t21?,24-/m1/s1. The van der Waals surface area contributed by atoms with Gasteiger partial charge in [0.15, 0.2) is 5.66 Å². The summed E-state index contributed by atoms with van der Waals surface area (Å²) in [5.74, 6) is -1.48. The highest BCUT2D eigenvalue weighted by molar-refractivity contribution is 5.88. The molecule has 0 radical (unpaired) electrons. The molecule has 4 N–H and O–H groups in total. The lowest BCUT2D eigenvalue weighted by atomic mass is 9.85. The van der Waals surface area contributed by atoms with Crippen molar-refractivity contribution in [1.29, 1.82) is 0 Å². The number of carbonyl (C=O) groups excluding carboxylic acids is 1. The molecule has 1 aliphatic heterocycles. The Morgan fingerprint density at radius 1 is 1.07 bits per heavy atom. The zero-order valence-corrected chi connectivity index (χ0v) is 16.8. The lowest BCUT2D eigenvalue weighted by molar-refractivity contribution is -0.146. The lowest BCUT2D eigenvalue weighted by Gasteiger charge is -2.32. The number of amides is 2. The molecule has 0 spiro atoms. The molecule has 3 aromatic carbocycles. The second-order valence-electron chi connectivity index (χ2n) is 7.78. The average molecular weight is 403 g/mol. The summed E-state index contributed by atoms with van der Waals surface area (Å²) in [4.78, 5) is 24.9. The van der Waals surface area contributed by atoms with E-state index in [2.05, 4.69) is 16.0 Å². The van der Waals surface area contributed by atoms with Crippen LogP contribution in [0.5, 0.6) is 0 Å². The summed E-state index contributed by atoms with van der Waals surface area (Å²) in [5.41, 5.74) is 1.42. The zero-order chi connectivity index (χ0) is 21.1. The van der Waals surface area contributed by atoms with Crippen LogP contribution in [0, 0.1) is 6.92 Å². The molecule has 4 rings (SSSR count). The SMILES string of the molecule is Cc1ccc(CNC(=O)N[C@]2(C(=O)O)NCCC2c2ccc3ccccc3c2)cc1. The van der Waals surface area contributed by atoms with Gasteiger partial charge >= 0.3 is 12.0 Å². The number of hydrogen-bond acceptors (Lipinski definition) is 3. The summed E-state index contributed by atoms with van der Waals surface area (Å²) in [6.45, 7) is 2.82. The van der Waals surface area contributed by atoms with Gasteiger partial charge in [-0.25, -0.2) is 9.59 Å². The Bertz CT molecular complexity index is 1080. The van der Waals surface area contributed by atoms with Gasteiger partial charge in [0.1, 0.15) is 0 Å². The van der Waals surface area contributed by atoms with Gasteiger partial charge in [-0.15, -0.1) is 0 Å². The average Bonchev–Trinajstić information content (AvgIpc) is 3.18. The van der Waals surface area contributed by atoms with Gasteiger partial charge in [0.2, 0.25) is 0 Å². The number of aryl methyl sites for hydroxylation is 1. The smallest absolute Gasteiger partial charge is 0.345 e. The van der Waals surface area contributed by atoms with Gasteiger partial charge in [-0.3, -0.25) is 5.32 Å². The molecule has 1 saturated heterocycles. The van der Waals surface area contributed by atoms with E-state index in [1.54, 1.807) is 0 Å². The number of urea groups is 1. The van der Waals surface area contributed by atoms with Crippen molar-refractivity contribution in [2.45, 2.75) is 31.5 Å². The molecule has 1 aliphatic rings. The molecule has 0 bridgehead atoms. The first-order valence-corrected chi connectivity index (χ1v) is 10.1. The summed E-state index contributed by atoms with van der Waals surface area (Å²) in [6.07, 6.45) is 0.614. The van der Waals surface area contributed by atoms with Crippen LogP contribution in [0.2, 0.25) is 0 Å². The van der Waals surface area contributed by atoms with Crippen molar-refractivity contribution in [2.75, 3.05) is 6.54 Å². The normalized spacial score (nSPS) is 20.8. The van der Waals surface area contributed by atoms with Crippen LogP contribution in [0.3, 0.4) is 0 Å². The minimum absolute atomic E-state index is 0.322. The fourth-order valence-electron chi connectivity index (χ4n) is 4.12. The molecule has 0 saturated carbocycles. The van der Waals surface area contributed by atoms with E-state index >= 15 is 0 Å². The summed E-state index contributed by atoms with van der Waals surface area (Å²) < 4.78 is 0. The number of hydrogen-bond donors (Lipinski definition) is 4. The Morgan fingerprint density at radius 3 is 2.53 bits per heavy atom. The molecule has 154 valence electrons. The minimum atomic E-state index is -1.56. The molecular formula is C24H25N3O3. The molecule has 2 amide bonds. The maximum atomic E-state index is 12.6. The van der Waals surface area contributed by atoms with Gasteiger partial charge in [0.25, 0.3) is 0 Å². The third kappa shape index (κ3) is 3.86. The third-order valence-electron chi connectivity index (χ3n) is 5.76. The van der Waals surface area contributed by atoms with Crippen LogP contribution in [-0.4, -0.2) is 29.3 Å². The van der Waals surface area contributed by atoms with Gasteiger partial charge in [-0.2, -0.15) is 0 Å². The van der Waals surface area contributed by atoms with Crippen molar-refractivity contribution in [3.63, 3.8) is 0 Å². The van der Waals surface area contributed by atoms with Crippen LogP contribution >= 0.6 is 0 Å². The third-order valence-corrected chi connectivity index (χ3v) is 5.76. The van der Waals surface area contributed by atoms with Crippen molar-refractivity contribution in [1.82, 2.24) is 16.0 Å². The van der Waals surface area contributed by atoms with Crippen molar-refractivity contribution in [2.24, 2.45) is 0 Å². The first kappa shape index (κ1) is 19.9. The van der Waals surface area contributed by atoms with E-state index in [9.17, 15) is 14.7 Å². The number of carboxylic acids is 1. The maximum Gasteiger partial charge on any atom is 0.345 e. The zero-order valence-electron chi connectivity index (χ0n) is 16.8. The first-order chi connectivity index (χ1) is 14.5. The number of nitrogens with one attached hydrogen (secondary N) is 3. The molecule has 6 heteroatoms. The van der Waals surface area contributed by atoms with Crippen LogP contribution < -0.4 is 16.0 Å². The van der Waals surface area contributed by atoms with E-state index in [-0.39, 0.29) is 5.92 Å². The number of fused-ring (bicyclic) bond motifs is 1. The fraction of sp³-hybridized carbons (Fsp3) is 0.250. The van der Waals surface area contributed by atoms with Crippen LogP contribution in [-0.2, 0) is 11.3 Å². The largest absolute Gasteiger partial charge is 0.478 e. The molecule has 1 fully saturated rings. The van der Waals surface area contributed by atoms with Gasteiger partial charge in [0.05, 0.1) is 0 Å². The topological polar surface area (TPSA) is 90.5 Å². The molecule has 3 aromatic rings. The molecule has 30 heavy (non-hydrogen) atoms. The highest BCUT2D eigenvalue weighted by Gasteiger charge is 2.51. The van der Waals surface area contributed by atoms with Crippen molar-refractivity contribution in [3.8, 4) is 0 Å². The Labute approximate surface area is 175 Å². The van der Waals surface area contributed by atoms with E-state index in [1.807, 2.05) is 73.7 Å². The predicted octanol–water partition coefficient (Wildman–Crippen LogP) is 3.51. The second kappa shape index (κ2) is 8.16. The van der Waals surface area contributed by atoms with E-state index in [0.29, 0.717) is 19.5 Å². The van der Waals surface area contributed by atoms with Crippen LogP contribution in [0.25, 0.3) is 10.8 Å². The Hall–Kier alpha value is -3.38. The maximum absolute atomic E-state index is 12.6. The molecule has 1 unspecified atom stereocenters. The molecule has 0 aromatic heterocycles. The van der Waals surface area contributed by atoms with Crippen molar-refractivity contribution < 1.29 is 14.7 Å². The van der Waals surface area contributed by atoms with Gasteiger partial charge in [-0.05, 0) is 41.8 Å². The lowest BCUT2D eigenvalue weighted by Crippen LogP contribution is -2.65. The van der Waals surface area contributed by atoms with Crippen LogP contribution in [0.15, 0.2) is 66.7 Å². The van der Waals surface area contributed by atoms with Crippen LogP contribution in [0.4, 0.5) is 4.79 Å². The van der Waals surface area contributed by atoms with Gasteiger partial charge < -0.3 is 15.7 Å². The summed E-state index contributed by atoms with van der Waals surface area (Å²) >= 11 is 0. The molecule has 0 aliphatic carbocycles. The predicted molar refractivity (Wildman–Crippen MR) is 116 cm³/mol. The molecule has 6 nitrogen and oxygen atoms in total. The summed E-state index contributed by atoms with van der Waals surface area (Å²) in [6, 6.07) is 21.2. The van der Waals surface area contributed by atoms with E-state index < -0.39 is 17.7 Å². The number of benzene rings is 3. The Morgan fingerprint density at radius 2 is 1.80 bits per heavy atom. The highest BCUT2D eigenvalue weighted by atomic mass is 16.4. The summed E-state index contributed by atoms with van der Waals surface area (Å²) in [5, 5.41) is 20.7. The van der Waals surface area contributed by atoms with Gasteiger partial charge in [0, 0.05) is 12.5 Å². The van der Waals surface area contributed by atoms with E-state index in [0.717, 1.165) is 27.5 Å². The first-order valence-electron chi connectivity index (χ1n) is 10.1. The summed E-state index contributed by atoms with van der Waals surface area (Å²) in [7, 11) is 0.